The summed E-state index contributed by atoms with van der Waals surface area (Å²) in [5.74, 6) is 0.921. The minimum Gasteiger partial charge on any atom is -0.488 e. The molecule has 1 aromatic carbocycles. The average molecular weight is 420 g/mol. The molecule has 154 valence electrons. The third-order valence-electron chi connectivity index (χ3n) is 5.95. The van der Waals surface area contributed by atoms with Crippen molar-refractivity contribution in [2.75, 3.05) is 6.54 Å². The first-order chi connectivity index (χ1) is 14.6. The molecule has 0 unspecified atom stereocenters. The van der Waals surface area contributed by atoms with Gasteiger partial charge in [-0.15, -0.1) is 11.3 Å². The van der Waals surface area contributed by atoms with Crippen molar-refractivity contribution in [2.45, 2.75) is 52.1 Å². The zero-order valence-corrected chi connectivity index (χ0v) is 18.1. The molecule has 0 fully saturated rings. The van der Waals surface area contributed by atoms with E-state index in [1.807, 2.05) is 31.4 Å². The van der Waals surface area contributed by atoms with Crippen LogP contribution in [0.25, 0.3) is 11.3 Å². The molecular weight excluding hydrogens is 394 g/mol. The van der Waals surface area contributed by atoms with Crippen LogP contribution in [0.4, 0.5) is 0 Å². The number of amides is 1. The topological polar surface area (TPSA) is 64.1 Å². The van der Waals surface area contributed by atoms with E-state index >= 15 is 0 Å². The summed E-state index contributed by atoms with van der Waals surface area (Å²) in [6, 6.07) is 6.18. The summed E-state index contributed by atoms with van der Waals surface area (Å²) in [5, 5.41) is 5.12. The van der Waals surface area contributed by atoms with Crippen LogP contribution in [0.1, 0.15) is 50.6 Å². The quantitative estimate of drug-likeness (QED) is 0.679. The van der Waals surface area contributed by atoms with Gasteiger partial charge in [0.1, 0.15) is 11.9 Å². The van der Waals surface area contributed by atoms with Crippen LogP contribution in [-0.4, -0.2) is 28.5 Å². The maximum atomic E-state index is 12.7. The number of aryl methyl sites for hydroxylation is 3. The van der Waals surface area contributed by atoms with E-state index in [0.717, 1.165) is 58.8 Å². The Bertz CT molecular complexity index is 1120. The van der Waals surface area contributed by atoms with Gasteiger partial charge in [0.05, 0.1) is 29.2 Å². The summed E-state index contributed by atoms with van der Waals surface area (Å²) < 4.78 is 6.08. The second kappa shape index (κ2) is 7.84. The Hall–Kier alpha value is -2.73. The van der Waals surface area contributed by atoms with Crippen molar-refractivity contribution in [1.82, 2.24) is 15.3 Å². The van der Waals surface area contributed by atoms with Gasteiger partial charge < -0.3 is 10.1 Å². The fourth-order valence-corrected chi connectivity index (χ4v) is 5.50. The summed E-state index contributed by atoms with van der Waals surface area (Å²) >= 11 is 1.73. The zero-order valence-electron chi connectivity index (χ0n) is 17.3. The standard InChI is InChI=1S/C24H25N3O2S/c1-14-11-25-15(2)23(27-14)16-7-8-21-17(9-16)10-18(29-21)12-26-24(28)20-13-30-22-6-4-3-5-19(20)22/h7-9,11,13,18H,3-6,10,12H2,1-2H3,(H,26,28)/t18-/m1/s1. The molecule has 3 heterocycles. The van der Waals surface area contributed by atoms with Gasteiger partial charge in [0, 0.05) is 28.4 Å². The lowest BCUT2D eigenvalue weighted by molar-refractivity contribution is 0.0933. The van der Waals surface area contributed by atoms with Crippen molar-refractivity contribution in [2.24, 2.45) is 0 Å². The predicted octanol–water partition coefficient (Wildman–Crippen LogP) is 4.43. The minimum atomic E-state index is -0.0432. The van der Waals surface area contributed by atoms with E-state index in [1.54, 1.807) is 17.5 Å². The van der Waals surface area contributed by atoms with Crippen molar-refractivity contribution in [1.29, 1.82) is 0 Å². The normalized spacial score (nSPS) is 17.2. The molecule has 1 aliphatic carbocycles. The smallest absolute Gasteiger partial charge is 0.252 e. The Morgan fingerprint density at radius 3 is 3.03 bits per heavy atom. The summed E-state index contributed by atoms with van der Waals surface area (Å²) in [6.07, 6.45) is 7.08. The highest BCUT2D eigenvalue weighted by atomic mass is 32.1. The molecule has 0 radical (unpaired) electrons. The van der Waals surface area contributed by atoms with Crippen LogP contribution in [0.15, 0.2) is 29.8 Å². The van der Waals surface area contributed by atoms with E-state index in [9.17, 15) is 4.79 Å². The molecule has 0 spiro atoms. The SMILES string of the molecule is Cc1cnc(C)c(-c2ccc3c(c2)C[C@H](CNC(=O)c2csc4c2CCCC4)O3)n1. The Labute approximate surface area is 180 Å². The van der Waals surface area contributed by atoms with E-state index in [1.165, 1.54) is 23.3 Å². The molecule has 0 saturated carbocycles. The molecule has 5 nitrogen and oxygen atoms in total. The number of benzene rings is 1. The third-order valence-corrected chi connectivity index (χ3v) is 7.04. The molecular formula is C24H25N3O2S. The molecule has 0 saturated heterocycles. The molecule has 1 aliphatic heterocycles. The molecule has 1 atom stereocenters. The Morgan fingerprint density at radius 2 is 2.13 bits per heavy atom. The molecule has 2 aromatic heterocycles. The lowest BCUT2D eigenvalue weighted by atomic mass is 9.95. The largest absolute Gasteiger partial charge is 0.488 e. The number of carbonyl (C=O) groups excluding carboxylic acids is 1. The summed E-state index contributed by atoms with van der Waals surface area (Å²) in [6.45, 7) is 4.44. The lowest BCUT2D eigenvalue weighted by Crippen LogP contribution is -2.34. The van der Waals surface area contributed by atoms with Crippen LogP contribution in [0.3, 0.4) is 0 Å². The maximum Gasteiger partial charge on any atom is 0.252 e. The number of hydrogen-bond donors (Lipinski definition) is 1. The number of nitrogens with zero attached hydrogens (tertiary/aromatic N) is 2. The summed E-state index contributed by atoms with van der Waals surface area (Å²) in [4.78, 5) is 23.2. The van der Waals surface area contributed by atoms with Crippen LogP contribution in [0, 0.1) is 13.8 Å². The number of aromatic nitrogens is 2. The van der Waals surface area contributed by atoms with E-state index in [4.69, 9.17) is 4.74 Å². The number of hydrogen-bond acceptors (Lipinski definition) is 5. The first kappa shape index (κ1) is 19.2. The molecule has 3 aromatic rings. The summed E-state index contributed by atoms with van der Waals surface area (Å²) in [5.41, 5.74) is 7.07. The number of rotatable bonds is 4. The second-order valence-corrected chi connectivity index (χ2v) is 9.14. The lowest BCUT2D eigenvalue weighted by Gasteiger charge is -2.14. The van der Waals surface area contributed by atoms with E-state index in [0.29, 0.717) is 6.54 Å². The Morgan fingerprint density at radius 1 is 1.27 bits per heavy atom. The molecule has 2 aliphatic rings. The maximum absolute atomic E-state index is 12.7. The first-order valence-electron chi connectivity index (χ1n) is 10.6. The molecule has 1 amide bonds. The van der Waals surface area contributed by atoms with Crippen molar-refractivity contribution in [3.05, 3.63) is 62.7 Å². The first-order valence-corrected chi connectivity index (χ1v) is 11.4. The van der Waals surface area contributed by atoms with E-state index < -0.39 is 0 Å². The Kier molecular flexibility index (Phi) is 5.03. The second-order valence-electron chi connectivity index (χ2n) is 8.18. The van der Waals surface area contributed by atoms with Crippen molar-refractivity contribution >= 4 is 17.2 Å². The fraction of sp³-hybridized carbons (Fsp3) is 0.375. The van der Waals surface area contributed by atoms with Crippen molar-refractivity contribution in [3.8, 4) is 17.0 Å². The number of thiophene rings is 1. The monoisotopic (exact) mass is 419 g/mol. The van der Waals surface area contributed by atoms with Crippen LogP contribution in [0.5, 0.6) is 5.75 Å². The highest BCUT2D eigenvalue weighted by Gasteiger charge is 2.26. The number of ether oxygens (including phenoxy) is 1. The van der Waals surface area contributed by atoms with Gasteiger partial charge in [-0.1, -0.05) is 0 Å². The van der Waals surface area contributed by atoms with Gasteiger partial charge in [-0.2, -0.15) is 0 Å². The van der Waals surface area contributed by atoms with Gasteiger partial charge in [0.25, 0.3) is 5.91 Å². The minimum absolute atomic E-state index is 0.0281. The van der Waals surface area contributed by atoms with E-state index in [2.05, 4.69) is 21.4 Å². The zero-order chi connectivity index (χ0) is 20.7. The van der Waals surface area contributed by atoms with Gasteiger partial charge in [-0.05, 0) is 68.9 Å². The van der Waals surface area contributed by atoms with Gasteiger partial charge in [-0.25, -0.2) is 4.98 Å². The van der Waals surface area contributed by atoms with Gasteiger partial charge in [0.15, 0.2) is 0 Å². The summed E-state index contributed by atoms with van der Waals surface area (Å²) in [7, 11) is 0. The number of fused-ring (bicyclic) bond motifs is 2. The third kappa shape index (κ3) is 3.60. The fourth-order valence-electron chi connectivity index (χ4n) is 4.38. The van der Waals surface area contributed by atoms with Crippen molar-refractivity contribution < 1.29 is 9.53 Å². The van der Waals surface area contributed by atoms with Crippen molar-refractivity contribution in [3.63, 3.8) is 0 Å². The highest BCUT2D eigenvalue weighted by molar-refractivity contribution is 7.10. The number of carbonyl (C=O) groups is 1. The van der Waals surface area contributed by atoms with E-state index in [-0.39, 0.29) is 12.0 Å². The predicted molar refractivity (Wildman–Crippen MR) is 118 cm³/mol. The Balaban J connectivity index is 1.26. The molecule has 1 N–H and O–H groups in total. The van der Waals surface area contributed by atoms with Crippen LogP contribution >= 0.6 is 11.3 Å². The molecule has 30 heavy (non-hydrogen) atoms. The molecule has 5 rings (SSSR count). The van der Waals surface area contributed by atoms with Gasteiger partial charge >= 0.3 is 0 Å². The van der Waals surface area contributed by atoms with Gasteiger partial charge in [0.2, 0.25) is 0 Å². The van der Waals surface area contributed by atoms with Gasteiger partial charge in [-0.3, -0.25) is 9.78 Å². The molecule has 6 heteroatoms. The average Bonchev–Trinajstić information content (AvgIpc) is 3.37. The number of nitrogens with one attached hydrogen (secondary N) is 1. The molecule has 0 bridgehead atoms. The highest BCUT2D eigenvalue weighted by Crippen LogP contribution is 2.33. The van der Waals surface area contributed by atoms with Crippen LogP contribution < -0.4 is 10.1 Å². The van der Waals surface area contributed by atoms with Crippen LogP contribution in [-0.2, 0) is 19.3 Å². The van der Waals surface area contributed by atoms with Crippen LogP contribution in [0.2, 0.25) is 0 Å².